The molecule has 1 heterocycles. The third kappa shape index (κ3) is 1.78. The van der Waals surface area contributed by atoms with E-state index in [1.165, 1.54) is 7.11 Å². The van der Waals surface area contributed by atoms with E-state index in [1.807, 2.05) is 0 Å². The Balaban J connectivity index is 2.51. The molecule has 78 valence electrons. The van der Waals surface area contributed by atoms with Crippen LogP contribution in [0.15, 0.2) is 22.6 Å². The molecule has 15 heavy (non-hydrogen) atoms. The largest absolute Gasteiger partial charge is 0.497 e. The maximum absolute atomic E-state index is 5.39. The van der Waals surface area contributed by atoms with Crippen LogP contribution in [-0.2, 0) is 4.74 Å². The number of hydrogen-bond donors (Lipinski definition) is 0. The van der Waals surface area contributed by atoms with Crippen LogP contribution in [0, 0.1) is 0 Å². The first-order valence-electron chi connectivity index (χ1n) is 4.27. The minimum absolute atomic E-state index is 0.241. The standard InChI is InChI=1S/C10H9NO3S/c1-12-6-3-4-8-7(5-6)11-9(14-8)10(15)13-2/h3-5H,1-2H3. The number of ether oxygens (including phenoxy) is 2. The zero-order chi connectivity index (χ0) is 10.8. The molecule has 0 fully saturated rings. The average Bonchev–Trinajstić information content (AvgIpc) is 2.70. The summed E-state index contributed by atoms with van der Waals surface area (Å²) in [6.45, 7) is 0. The van der Waals surface area contributed by atoms with Crippen molar-refractivity contribution in [3.8, 4) is 5.75 Å². The molecule has 0 aliphatic rings. The van der Waals surface area contributed by atoms with E-state index < -0.39 is 0 Å². The predicted molar refractivity (Wildman–Crippen MR) is 59.3 cm³/mol. The highest BCUT2D eigenvalue weighted by molar-refractivity contribution is 7.80. The van der Waals surface area contributed by atoms with Gasteiger partial charge in [0.2, 0.25) is 5.05 Å². The molecule has 0 unspecified atom stereocenters. The molecule has 0 radical (unpaired) electrons. The van der Waals surface area contributed by atoms with Crippen LogP contribution in [0.3, 0.4) is 0 Å². The van der Waals surface area contributed by atoms with Crippen molar-refractivity contribution in [2.24, 2.45) is 0 Å². The van der Waals surface area contributed by atoms with Crippen molar-refractivity contribution in [3.63, 3.8) is 0 Å². The van der Waals surface area contributed by atoms with E-state index in [-0.39, 0.29) is 5.05 Å². The molecule has 0 saturated carbocycles. The molecule has 0 aliphatic carbocycles. The number of aromatic nitrogens is 1. The first kappa shape index (κ1) is 9.92. The van der Waals surface area contributed by atoms with Gasteiger partial charge in [0, 0.05) is 6.07 Å². The summed E-state index contributed by atoms with van der Waals surface area (Å²) in [7, 11) is 3.08. The summed E-state index contributed by atoms with van der Waals surface area (Å²) in [6.07, 6.45) is 0. The Kier molecular flexibility index (Phi) is 2.55. The monoisotopic (exact) mass is 223 g/mol. The minimum atomic E-state index is 0.241. The van der Waals surface area contributed by atoms with Gasteiger partial charge < -0.3 is 13.9 Å². The van der Waals surface area contributed by atoms with Gasteiger partial charge in [0.05, 0.1) is 14.2 Å². The highest BCUT2D eigenvalue weighted by atomic mass is 32.1. The van der Waals surface area contributed by atoms with Crippen molar-refractivity contribution >= 4 is 28.4 Å². The first-order valence-corrected chi connectivity index (χ1v) is 4.68. The number of rotatable bonds is 2. The van der Waals surface area contributed by atoms with Crippen LogP contribution in [0.4, 0.5) is 0 Å². The number of methoxy groups -OCH3 is 2. The number of benzene rings is 1. The highest BCUT2D eigenvalue weighted by Gasteiger charge is 2.11. The SMILES string of the molecule is COC(=S)c1nc2cc(OC)ccc2o1. The highest BCUT2D eigenvalue weighted by Crippen LogP contribution is 2.21. The molecule has 0 atom stereocenters. The molecule has 1 aromatic heterocycles. The normalized spacial score (nSPS) is 10.3. The number of oxazole rings is 1. The molecule has 2 rings (SSSR count). The van der Waals surface area contributed by atoms with E-state index in [0.29, 0.717) is 17.0 Å². The van der Waals surface area contributed by atoms with E-state index in [0.717, 1.165) is 5.75 Å². The van der Waals surface area contributed by atoms with Crippen molar-refractivity contribution in [2.45, 2.75) is 0 Å². The van der Waals surface area contributed by atoms with Crippen LogP contribution in [0.1, 0.15) is 5.89 Å². The fraction of sp³-hybridized carbons (Fsp3) is 0.200. The van der Waals surface area contributed by atoms with E-state index in [1.54, 1.807) is 25.3 Å². The molecule has 0 bridgehead atoms. The Bertz CT molecular complexity index is 506. The Morgan fingerprint density at radius 1 is 1.40 bits per heavy atom. The summed E-state index contributed by atoms with van der Waals surface area (Å²) in [5, 5.41) is 0.241. The zero-order valence-electron chi connectivity index (χ0n) is 8.31. The summed E-state index contributed by atoms with van der Waals surface area (Å²) in [5.41, 5.74) is 1.36. The number of fused-ring (bicyclic) bond motifs is 1. The van der Waals surface area contributed by atoms with Gasteiger partial charge in [0.15, 0.2) is 5.58 Å². The lowest BCUT2D eigenvalue weighted by Gasteiger charge is -1.95. The summed E-state index contributed by atoms with van der Waals surface area (Å²) in [6, 6.07) is 5.36. The van der Waals surface area contributed by atoms with Gasteiger partial charge in [-0.15, -0.1) is 0 Å². The van der Waals surface area contributed by atoms with Crippen molar-refractivity contribution in [1.29, 1.82) is 0 Å². The molecule has 2 aromatic rings. The molecule has 1 aromatic carbocycles. The molecule has 4 nitrogen and oxygen atoms in total. The van der Waals surface area contributed by atoms with E-state index in [9.17, 15) is 0 Å². The van der Waals surface area contributed by atoms with Crippen molar-refractivity contribution < 1.29 is 13.9 Å². The van der Waals surface area contributed by atoms with Crippen molar-refractivity contribution in [2.75, 3.05) is 14.2 Å². The van der Waals surface area contributed by atoms with Gasteiger partial charge in [-0.05, 0) is 24.4 Å². The molecule has 0 spiro atoms. The second-order valence-electron chi connectivity index (χ2n) is 2.84. The van der Waals surface area contributed by atoms with E-state index in [4.69, 9.17) is 26.1 Å². The van der Waals surface area contributed by atoms with Gasteiger partial charge in [0.25, 0.3) is 5.89 Å². The molecule has 0 aliphatic heterocycles. The lowest BCUT2D eigenvalue weighted by Crippen LogP contribution is -1.98. The fourth-order valence-corrected chi connectivity index (χ4v) is 1.30. The Hall–Kier alpha value is -1.62. The van der Waals surface area contributed by atoms with Gasteiger partial charge in [-0.1, -0.05) is 0 Å². The quantitative estimate of drug-likeness (QED) is 0.730. The molecule has 5 heteroatoms. The first-order chi connectivity index (χ1) is 7.24. The summed E-state index contributed by atoms with van der Waals surface area (Å²) < 4.78 is 15.3. The van der Waals surface area contributed by atoms with Gasteiger partial charge in [-0.3, -0.25) is 0 Å². The number of thiocarbonyl (C=S) groups is 1. The van der Waals surface area contributed by atoms with E-state index in [2.05, 4.69) is 4.98 Å². The summed E-state index contributed by atoms with van der Waals surface area (Å²) >= 11 is 4.91. The van der Waals surface area contributed by atoms with Crippen LogP contribution in [0.25, 0.3) is 11.1 Å². The second-order valence-corrected chi connectivity index (χ2v) is 3.22. The second kappa shape index (κ2) is 3.86. The third-order valence-corrected chi connectivity index (χ3v) is 2.30. The summed E-state index contributed by atoms with van der Waals surface area (Å²) in [5.74, 6) is 1.04. The van der Waals surface area contributed by atoms with Crippen LogP contribution in [-0.4, -0.2) is 24.3 Å². The topological polar surface area (TPSA) is 44.5 Å². The number of nitrogens with zero attached hydrogens (tertiary/aromatic N) is 1. The Morgan fingerprint density at radius 3 is 2.87 bits per heavy atom. The molecule has 0 amide bonds. The lowest BCUT2D eigenvalue weighted by molar-refractivity contribution is 0.399. The Labute approximate surface area is 91.8 Å². The zero-order valence-corrected chi connectivity index (χ0v) is 9.13. The van der Waals surface area contributed by atoms with Crippen molar-refractivity contribution in [1.82, 2.24) is 4.98 Å². The van der Waals surface area contributed by atoms with Crippen LogP contribution < -0.4 is 4.74 Å². The van der Waals surface area contributed by atoms with Gasteiger partial charge >= 0.3 is 0 Å². The van der Waals surface area contributed by atoms with Crippen molar-refractivity contribution in [3.05, 3.63) is 24.1 Å². The van der Waals surface area contributed by atoms with E-state index >= 15 is 0 Å². The maximum Gasteiger partial charge on any atom is 0.275 e. The Morgan fingerprint density at radius 2 is 2.20 bits per heavy atom. The molecule has 0 N–H and O–H groups in total. The average molecular weight is 223 g/mol. The fourth-order valence-electron chi connectivity index (χ4n) is 1.21. The van der Waals surface area contributed by atoms with Gasteiger partial charge in [-0.25, -0.2) is 4.98 Å². The molecular weight excluding hydrogens is 214 g/mol. The molecular formula is C10H9NO3S. The maximum atomic E-state index is 5.39. The minimum Gasteiger partial charge on any atom is -0.497 e. The van der Waals surface area contributed by atoms with Crippen LogP contribution >= 0.6 is 12.2 Å². The lowest BCUT2D eigenvalue weighted by atomic mass is 10.3. The third-order valence-electron chi connectivity index (χ3n) is 1.95. The summed E-state index contributed by atoms with van der Waals surface area (Å²) in [4.78, 5) is 4.18. The van der Waals surface area contributed by atoms with Gasteiger partial charge in [0.1, 0.15) is 11.3 Å². The molecule has 0 saturated heterocycles. The van der Waals surface area contributed by atoms with Gasteiger partial charge in [-0.2, -0.15) is 0 Å². The van der Waals surface area contributed by atoms with Crippen LogP contribution in [0.5, 0.6) is 5.75 Å². The number of hydrogen-bond acceptors (Lipinski definition) is 5. The predicted octanol–water partition coefficient (Wildman–Crippen LogP) is 2.16. The smallest absolute Gasteiger partial charge is 0.275 e. The van der Waals surface area contributed by atoms with Crippen LogP contribution in [0.2, 0.25) is 0 Å².